The van der Waals surface area contributed by atoms with Crippen LogP contribution >= 0.6 is 0 Å². The maximum absolute atomic E-state index is 15.4. The number of rotatable bonds is 6. The lowest BCUT2D eigenvalue weighted by Gasteiger charge is -2.15. The first-order chi connectivity index (χ1) is 16.7. The third kappa shape index (κ3) is 4.33. The number of nitrogens with one attached hydrogen (secondary N) is 2. The Morgan fingerprint density at radius 3 is 2.69 bits per heavy atom. The van der Waals surface area contributed by atoms with E-state index >= 15 is 4.39 Å². The molecule has 1 aliphatic carbocycles. The van der Waals surface area contributed by atoms with Gasteiger partial charge in [0.1, 0.15) is 35.3 Å². The van der Waals surface area contributed by atoms with Crippen molar-refractivity contribution in [1.29, 1.82) is 0 Å². The quantitative estimate of drug-likeness (QED) is 0.559. The second-order valence-corrected chi connectivity index (χ2v) is 9.41. The van der Waals surface area contributed by atoms with Gasteiger partial charge in [-0.25, -0.2) is 18.7 Å². The van der Waals surface area contributed by atoms with Crippen LogP contribution < -0.4 is 10.1 Å². The van der Waals surface area contributed by atoms with Gasteiger partial charge in [-0.2, -0.15) is 0 Å². The Labute approximate surface area is 201 Å². The standard InChI is InChI=1S/C25H27F2N5O3/c1-12-4-7-18(35-10-15-5-6-15)20(21(12)27)23-24-22(28-11-29-23)19(13(2)30-24)25(34)31-17-9-32(14(3)33)8-16(17)26/h4,7,11,15-17,30H,5-6,8-10H2,1-3H3,(H,31,34)/t16-,17-/m1/s1. The summed E-state index contributed by atoms with van der Waals surface area (Å²) in [5.74, 6) is -0.355. The van der Waals surface area contributed by atoms with Gasteiger partial charge < -0.3 is 19.9 Å². The number of amides is 2. The van der Waals surface area contributed by atoms with Gasteiger partial charge in [-0.15, -0.1) is 0 Å². The highest BCUT2D eigenvalue weighted by Crippen LogP contribution is 2.39. The zero-order valence-electron chi connectivity index (χ0n) is 19.8. The number of alkyl halides is 1. The second-order valence-electron chi connectivity index (χ2n) is 9.41. The van der Waals surface area contributed by atoms with Crippen LogP contribution in [0.2, 0.25) is 0 Å². The summed E-state index contributed by atoms with van der Waals surface area (Å²) in [6.45, 7) is 5.27. The zero-order chi connectivity index (χ0) is 24.9. The van der Waals surface area contributed by atoms with Gasteiger partial charge in [-0.1, -0.05) is 6.07 Å². The van der Waals surface area contributed by atoms with Crippen molar-refractivity contribution < 1.29 is 23.1 Å². The summed E-state index contributed by atoms with van der Waals surface area (Å²) in [7, 11) is 0. The maximum atomic E-state index is 15.4. The number of halogens is 2. The summed E-state index contributed by atoms with van der Waals surface area (Å²) >= 11 is 0. The molecule has 3 heterocycles. The molecular formula is C25H27F2N5O3. The van der Waals surface area contributed by atoms with E-state index < -0.39 is 23.9 Å². The lowest BCUT2D eigenvalue weighted by molar-refractivity contribution is -0.128. The summed E-state index contributed by atoms with van der Waals surface area (Å²) in [5.41, 5.74) is 2.35. The van der Waals surface area contributed by atoms with Crippen molar-refractivity contribution in [3.05, 3.63) is 41.1 Å². The number of aryl methyl sites for hydroxylation is 2. The fraction of sp³-hybridized carbons (Fsp3) is 0.440. The third-order valence-corrected chi connectivity index (χ3v) is 6.71. The molecule has 1 aromatic carbocycles. The molecule has 2 fully saturated rings. The van der Waals surface area contributed by atoms with Crippen molar-refractivity contribution in [2.24, 2.45) is 5.92 Å². The van der Waals surface area contributed by atoms with E-state index in [0.717, 1.165) is 12.8 Å². The molecule has 10 heteroatoms. The highest BCUT2D eigenvalue weighted by molar-refractivity contribution is 6.09. The van der Waals surface area contributed by atoms with Crippen molar-refractivity contribution in [2.45, 2.75) is 45.8 Å². The first-order valence-electron chi connectivity index (χ1n) is 11.7. The number of H-pyrrole nitrogens is 1. The molecule has 0 bridgehead atoms. The third-order valence-electron chi connectivity index (χ3n) is 6.71. The van der Waals surface area contributed by atoms with Gasteiger partial charge in [0.2, 0.25) is 5.91 Å². The van der Waals surface area contributed by atoms with Crippen LogP contribution in [0.1, 0.15) is 41.4 Å². The van der Waals surface area contributed by atoms with E-state index in [1.54, 1.807) is 26.0 Å². The number of likely N-dealkylation sites (tertiary alicyclic amines) is 1. The van der Waals surface area contributed by atoms with Gasteiger partial charge in [0.15, 0.2) is 0 Å². The minimum atomic E-state index is -1.37. The zero-order valence-corrected chi connectivity index (χ0v) is 19.8. The number of aromatic amines is 1. The molecule has 5 rings (SSSR count). The monoisotopic (exact) mass is 483 g/mol. The molecule has 0 unspecified atom stereocenters. The molecular weight excluding hydrogens is 456 g/mol. The minimum absolute atomic E-state index is 0.0598. The first kappa shape index (κ1) is 23.2. The van der Waals surface area contributed by atoms with E-state index in [9.17, 15) is 14.0 Å². The van der Waals surface area contributed by atoms with Gasteiger partial charge in [0.05, 0.1) is 35.8 Å². The molecule has 3 aromatic rings. The average molecular weight is 484 g/mol. The summed E-state index contributed by atoms with van der Waals surface area (Å²) in [5, 5.41) is 2.69. The lowest BCUT2D eigenvalue weighted by Crippen LogP contribution is -2.41. The van der Waals surface area contributed by atoms with E-state index in [4.69, 9.17) is 4.74 Å². The highest BCUT2D eigenvalue weighted by atomic mass is 19.1. The Balaban J connectivity index is 1.51. The number of benzene rings is 1. The molecule has 1 saturated carbocycles. The molecule has 8 nitrogen and oxygen atoms in total. The van der Waals surface area contributed by atoms with Crippen LogP contribution in [-0.4, -0.2) is 63.6 Å². The topological polar surface area (TPSA) is 100 Å². The summed E-state index contributed by atoms with van der Waals surface area (Å²) in [6.07, 6.45) is 2.10. The molecule has 35 heavy (non-hydrogen) atoms. The summed E-state index contributed by atoms with van der Waals surface area (Å²) in [4.78, 5) is 37.9. The molecule has 1 saturated heterocycles. The summed E-state index contributed by atoms with van der Waals surface area (Å²) < 4.78 is 35.8. The van der Waals surface area contributed by atoms with Crippen LogP contribution in [0.5, 0.6) is 5.75 Å². The Morgan fingerprint density at radius 1 is 1.23 bits per heavy atom. The molecule has 2 aromatic heterocycles. The average Bonchev–Trinajstić information content (AvgIpc) is 3.48. The van der Waals surface area contributed by atoms with E-state index in [1.165, 1.54) is 18.2 Å². The molecule has 0 spiro atoms. The Kier molecular flexibility index (Phi) is 5.90. The minimum Gasteiger partial charge on any atom is -0.492 e. The molecule has 2 amide bonds. The van der Waals surface area contributed by atoms with Crippen molar-refractivity contribution >= 4 is 22.8 Å². The summed E-state index contributed by atoms with van der Waals surface area (Å²) in [6, 6.07) is 2.57. The van der Waals surface area contributed by atoms with Crippen molar-refractivity contribution in [2.75, 3.05) is 19.7 Å². The smallest absolute Gasteiger partial charge is 0.255 e. The molecule has 2 N–H and O–H groups in total. The van der Waals surface area contributed by atoms with Crippen LogP contribution in [0.3, 0.4) is 0 Å². The van der Waals surface area contributed by atoms with Crippen LogP contribution in [0.15, 0.2) is 18.5 Å². The van der Waals surface area contributed by atoms with Crippen molar-refractivity contribution in [1.82, 2.24) is 25.2 Å². The Morgan fingerprint density at radius 2 is 2.00 bits per heavy atom. The van der Waals surface area contributed by atoms with Crippen LogP contribution in [0, 0.1) is 25.6 Å². The van der Waals surface area contributed by atoms with E-state index in [-0.39, 0.29) is 35.8 Å². The fourth-order valence-corrected chi connectivity index (χ4v) is 4.48. The Hall–Kier alpha value is -3.56. The largest absolute Gasteiger partial charge is 0.492 e. The number of hydrogen-bond acceptors (Lipinski definition) is 5. The second kappa shape index (κ2) is 8.90. The SMILES string of the molecule is CC(=O)N1C[C@@H](F)[C@H](NC(=O)c2c(C)[nH]c3c(-c4c(OCC5CC5)ccc(C)c4F)ncnc23)C1. The number of aromatic nitrogens is 3. The van der Waals surface area contributed by atoms with E-state index in [0.29, 0.717) is 40.6 Å². The molecule has 2 atom stereocenters. The predicted octanol–water partition coefficient (Wildman–Crippen LogP) is 3.47. The lowest BCUT2D eigenvalue weighted by atomic mass is 10.0. The van der Waals surface area contributed by atoms with Gasteiger partial charge in [-0.05, 0) is 44.2 Å². The van der Waals surface area contributed by atoms with Crippen LogP contribution in [-0.2, 0) is 4.79 Å². The van der Waals surface area contributed by atoms with Crippen molar-refractivity contribution in [3.8, 4) is 17.0 Å². The van der Waals surface area contributed by atoms with Gasteiger partial charge in [-0.3, -0.25) is 9.59 Å². The van der Waals surface area contributed by atoms with Crippen LogP contribution in [0.4, 0.5) is 8.78 Å². The number of hydrogen-bond donors (Lipinski definition) is 2. The van der Waals surface area contributed by atoms with Crippen molar-refractivity contribution in [3.63, 3.8) is 0 Å². The van der Waals surface area contributed by atoms with E-state index in [1.807, 2.05) is 0 Å². The first-order valence-corrected chi connectivity index (χ1v) is 11.7. The van der Waals surface area contributed by atoms with Gasteiger partial charge in [0, 0.05) is 19.2 Å². The highest BCUT2D eigenvalue weighted by Gasteiger charge is 2.36. The number of carbonyl (C=O) groups is 2. The predicted molar refractivity (Wildman–Crippen MR) is 125 cm³/mol. The maximum Gasteiger partial charge on any atom is 0.255 e. The molecule has 1 aliphatic heterocycles. The normalized spacial score (nSPS) is 19.9. The molecule has 2 aliphatic rings. The Bertz CT molecular complexity index is 1320. The van der Waals surface area contributed by atoms with Crippen LogP contribution in [0.25, 0.3) is 22.3 Å². The van der Waals surface area contributed by atoms with Gasteiger partial charge in [0.25, 0.3) is 5.91 Å². The fourth-order valence-electron chi connectivity index (χ4n) is 4.48. The molecule has 0 radical (unpaired) electrons. The van der Waals surface area contributed by atoms with Gasteiger partial charge >= 0.3 is 0 Å². The number of ether oxygens (including phenoxy) is 1. The number of nitrogens with zero attached hydrogens (tertiary/aromatic N) is 3. The molecule has 184 valence electrons. The van der Waals surface area contributed by atoms with E-state index in [2.05, 4.69) is 20.3 Å². The number of fused-ring (bicyclic) bond motifs is 1. The number of carbonyl (C=O) groups excluding carboxylic acids is 2.